The second-order valence-electron chi connectivity index (χ2n) is 3.25. The monoisotopic (exact) mass is 221 g/mol. The molecule has 0 aliphatic rings. The van der Waals surface area contributed by atoms with Gasteiger partial charge in [0.25, 0.3) is 0 Å². The molecule has 16 heavy (non-hydrogen) atoms. The van der Waals surface area contributed by atoms with Crippen LogP contribution in [0.15, 0.2) is 18.2 Å². The van der Waals surface area contributed by atoms with Crippen LogP contribution in [0.2, 0.25) is 0 Å². The largest absolute Gasteiger partial charge is 0.493 e. The van der Waals surface area contributed by atoms with Crippen molar-refractivity contribution >= 4 is 16.9 Å². The minimum absolute atomic E-state index is 0.126. The number of carboxylic acids is 1. The predicted molar refractivity (Wildman–Crippen MR) is 58.4 cm³/mol. The van der Waals surface area contributed by atoms with Gasteiger partial charge < -0.3 is 19.6 Å². The van der Waals surface area contributed by atoms with Gasteiger partial charge in [-0.2, -0.15) is 0 Å². The van der Waals surface area contributed by atoms with Crippen LogP contribution in [0.1, 0.15) is 10.5 Å². The zero-order valence-electron chi connectivity index (χ0n) is 8.90. The molecule has 1 aromatic carbocycles. The maximum atomic E-state index is 10.8. The number of benzene rings is 1. The van der Waals surface area contributed by atoms with Crippen LogP contribution >= 0.6 is 0 Å². The molecule has 0 radical (unpaired) electrons. The minimum Gasteiger partial charge on any atom is -0.493 e. The highest BCUT2D eigenvalue weighted by Gasteiger charge is 2.14. The van der Waals surface area contributed by atoms with E-state index in [2.05, 4.69) is 4.98 Å². The fourth-order valence-electron chi connectivity index (χ4n) is 1.63. The number of H-pyrrole nitrogens is 1. The van der Waals surface area contributed by atoms with Crippen LogP contribution in [0.3, 0.4) is 0 Å². The summed E-state index contributed by atoms with van der Waals surface area (Å²) in [6.07, 6.45) is 0. The summed E-state index contributed by atoms with van der Waals surface area (Å²) >= 11 is 0. The van der Waals surface area contributed by atoms with Crippen molar-refractivity contribution < 1.29 is 19.4 Å². The van der Waals surface area contributed by atoms with Crippen molar-refractivity contribution in [1.29, 1.82) is 0 Å². The molecular formula is C11H11NO4. The molecule has 0 unspecified atom stereocenters. The number of fused-ring (bicyclic) bond motifs is 1. The Bertz CT molecular complexity index is 544. The van der Waals surface area contributed by atoms with Gasteiger partial charge in [-0.25, -0.2) is 4.79 Å². The van der Waals surface area contributed by atoms with E-state index in [0.717, 1.165) is 5.39 Å². The molecule has 0 spiro atoms. The fourth-order valence-corrected chi connectivity index (χ4v) is 1.63. The van der Waals surface area contributed by atoms with E-state index < -0.39 is 5.97 Å². The molecule has 0 bridgehead atoms. The summed E-state index contributed by atoms with van der Waals surface area (Å²) < 4.78 is 10.3. The molecule has 0 atom stereocenters. The Balaban J connectivity index is 2.71. The van der Waals surface area contributed by atoms with Gasteiger partial charge in [0.2, 0.25) is 0 Å². The van der Waals surface area contributed by atoms with Crippen LogP contribution < -0.4 is 9.47 Å². The Morgan fingerprint density at radius 2 is 2.06 bits per heavy atom. The minimum atomic E-state index is -1.00. The third kappa shape index (κ3) is 1.46. The standard InChI is InChI=1S/C11H11NO4/c1-15-8-4-3-6-5-7(11(13)14)12-9(6)10(8)16-2/h3-5,12H,1-2H3,(H,13,14). The molecule has 0 saturated heterocycles. The van der Waals surface area contributed by atoms with E-state index in [4.69, 9.17) is 14.6 Å². The van der Waals surface area contributed by atoms with Crippen molar-refractivity contribution in [2.75, 3.05) is 14.2 Å². The van der Waals surface area contributed by atoms with E-state index >= 15 is 0 Å². The smallest absolute Gasteiger partial charge is 0.352 e. The van der Waals surface area contributed by atoms with Gasteiger partial charge >= 0.3 is 5.97 Å². The Kier molecular flexibility index (Phi) is 2.44. The Labute approximate surface area is 91.6 Å². The zero-order chi connectivity index (χ0) is 11.7. The molecule has 0 saturated carbocycles. The van der Waals surface area contributed by atoms with Crippen molar-refractivity contribution in [2.24, 2.45) is 0 Å². The molecule has 84 valence electrons. The van der Waals surface area contributed by atoms with Gasteiger partial charge in [0.15, 0.2) is 11.5 Å². The van der Waals surface area contributed by atoms with Crippen LogP contribution in [0, 0.1) is 0 Å². The average molecular weight is 221 g/mol. The summed E-state index contributed by atoms with van der Waals surface area (Å²) in [5.74, 6) is 0.0681. The second-order valence-corrected chi connectivity index (χ2v) is 3.25. The number of methoxy groups -OCH3 is 2. The van der Waals surface area contributed by atoms with E-state index in [1.165, 1.54) is 14.2 Å². The van der Waals surface area contributed by atoms with Crippen LogP contribution in [0.4, 0.5) is 0 Å². The summed E-state index contributed by atoms with van der Waals surface area (Å²) in [7, 11) is 3.04. The Morgan fingerprint density at radius 1 is 1.31 bits per heavy atom. The molecule has 1 aromatic heterocycles. The predicted octanol–water partition coefficient (Wildman–Crippen LogP) is 1.88. The number of ether oxygens (including phenoxy) is 2. The average Bonchev–Trinajstić information content (AvgIpc) is 2.71. The normalized spacial score (nSPS) is 10.4. The van der Waals surface area contributed by atoms with Crippen molar-refractivity contribution in [2.45, 2.75) is 0 Å². The van der Waals surface area contributed by atoms with Crippen LogP contribution in [0.25, 0.3) is 10.9 Å². The summed E-state index contributed by atoms with van der Waals surface area (Å²) in [6.45, 7) is 0. The number of hydrogen-bond donors (Lipinski definition) is 2. The third-order valence-corrected chi connectivity index (χ3v) is 2.37. The number of nitrogens with one attached hydrogen (secondary N) is 1. The molecule has 1 heterocycles. The first-order chi connectivity index (χ1) is 7.67. The van der Waals surface area contributed by atoms with Crippen LogP contribution in [0.5, 0.6) is 11.5 Å². The first kappa shape index (κ1) is 10.4. The van der Waals surface area contributed by atoms with Gasteiger partial charge in [-0.1, -0.05) is 0 Å². The van der Waals surface area contributed by atoms with E-state index in [0.29, 0.717) is 17.0 Å². The third-order valence-electron chi connectivity index (χ3n) is 2.37. The fraction of sp³-hybridized carbons (Fsp3) is 0.182. The quantitative estimate of drug-likeness (QED) is 0.830. The van der Waals surface area contributed by atoms with Gasteiger partial charge in [0.05, 0.1) is 19.7 Å². The van der Waals surface area contributed by atoms with E-state index in [1.54, 1.807) is 18.2 Å². The first-order valence-corrected chi connectivity index (χ1v) is 4.64. The summed E-state index contributed by atoms with van der Waals surface area (Å²) in [5, 5.41) is 9.65. The number of aromatic nitrogens is 1. The molecule has 2 N–H and O–H groups in total. The molecule has 0 aliphatic carbocycles. The van der Waals surface area contributed by atoms with E-state index in [9.17, 15) is 4.79 Å². The van der Waals surface area contributed by atoms with E-state index in [-0.39, 0.29) is 5.69 Å². The van der Waals surface area contributed by atoms with Crippen molar-refractivity contribution in [3.8, 4) is 11.5 Å². The highest BCUT2D eigenvalue weighted by molar-refractivity contribution is 5.96. The zero-order valence-corrected chi connectivity index (χ0v) is 8.90. The molecule has 0 amide bonds. The maximum Gasteiger partial charge on any atom is 0.352 e. The van der Waals surface area contributed by atoms with Crippen LogP contribution in [-0.2, 0) is 0 Å². The highest BCUT2D eigenvalue weighted by Crippen LogP contribution is 2.34. The number of carboxylic acid groups (broad SMARTS) is 1. The lowest BCUT2D eigenvalue weighted by atomic mass is 10.2. The molecule has 5 nitrogen and oxygen atoms in total. The lowest BCUT2D eigenvalue weighted by Crippen LogP contribution is -1.95. The summed E-state index contributed by atoms with van der Waals surface area (Å²) in [4.78, 5) is 13.6. The van der Waals surface area contributed by atoms with Gasteiger partial charge in [-0.05, 0) is 18.2 Å². The number of carbonyl (C=O) groups is 1. The summed E-state index contributed by atoms with van der Waals surface area (Å²) in [5.41, 5.74) is 0.751. The topological polar surface area (TPSA) is 71.5 Å². The number of rotatable bonds is 3. The van der Waals surface area contributed by atoms with Crippen LogP contribution in [-0.4, -0.2) is 30.3 Å². The van der Waals surface area contributed by atoms with Crippen molar-refractivity contribution in [3.05, 3.63) is 23.9 Å². The SMILES string of the molecule is COc1ccc2cc(C(=O)O)[nH]c2c1OC. The first-order valence-electron chi connectivity index (χ1n) is 4.64. The van der Waals surface area contributed by atoms with E-state index in [1.807, 2.05) is 0 Å². The van der Waals surface area contributed by atoms with Gasteiger partial charge in [0, 0.05) is 5.39 Å². The highest BCUT2D eigenvalue weighted by atomic mass is 16.5. The van der Waals surface area contributed by atoms with Gasteiger partial charge in [0.1, 0.15) is 5.69 Å². The Morgan fingerprint density at radius 3 is 2.62 bits per heavy atom. The molecular weight excluding hydrogens is 210 g/mol. The second kappa shape index (κ2) is 3.77. The Hall–Kier alpha value is -2.17. The number of aromatic carboxylic acids is 1. The van der Waals surface area contributed by atoms with Crippen molar-refractivity contribution in [3.63, 3.8) is 0 Å². The molecule has 2 rings (SSSR count). The molecule has 0 fully saturated rings. The molecule has 2 aromatic rings. The van der Waals surface area contributed by atoms with Gasteiger partial charge in [-0.3, -0.25) is 0 Å². The van der Waals surface area contributed by atoms with Crippen molar-refractivity contribution in [1.82, 2.24) is 4.98 Å². The lowest BCUT2D eigenvalue weighted by Gasteiger charge is -2.07. The lowest BCUT2D eigenvalue weighted by molar-refractivity contribution is 0.0691. The number of hydrogen-bond acceptors (Lipinski definition) is 3. The maximum absolute atomic E-state index is 10.8. The summed E-state index contributed by atoms with van der Waals surface area (Å²) in [6, 6.07) is 5.07. The molecule has 5 heteroatoms. The number of aromatic amines is 1. The molecule has 0 aliphatic heterocycles. The van der Waals surface area contributed by atoms with Gasteiger partial charge in [-0.15, -0.1) is 0 Å².